The van der Waals surface area contributed by atoms with Crippen LogP contribution in [0.4, 0.5) is 5.69 Å². The van der Waals surface area contributed by atoms with E-state index in [4.69, 9.17) is 0 Å². The first-order chi connectivity index (χ1) is 10.7. The van der Waals surface area contributed by atoms with Crippen LogP contribution in [0.15, 0.2) is 42.5 Å². The summed E-state index contributed by atoms with van der Waals surface area (Å²) in [7, 11) is 0. The highest BCUT2D eigenvalue weighted by Crippen LogP contribution is 2.23. The zero-order valence-electron chi connectivity index (χ0n) is 13.2. The number of benzene rings is 1. The fraction of sp³-hybridized carbons (Fsp3) is 0.294. The molecule has 0 bridgehead atoms. The van der Waals surface area contributed by atoms with Crippen LogP contribution in [0, 0.1) is 5.41 Å². The van der Waals surface area contributed by atoms with Crippen molar-refractivity contribution in [1.29, 1.82) is 0 Å². The van der Waals surface area contributed by atoms with Crippen molar-refractivity contribution in [2.24, 2.45) is 5.41 Å². The van der Waals surface area contributed by atoms with E-state index in [9.17, 15) is 19.2 Å². The van der Waals surface area contributed by atoms with Crippen LogP contribution >= 0.6 is 0 Å². The number of carbonyl (C=O) groups is 4. The molecule has 1 aliphatic rings. The largest absolute Gasteiger partial charge is 0.324 e. The van der Waals surface area contributed by atoms with Crippen molar-refractivity contribution in [3.8, 4) is 0 Å². The summed E-state index contributed by atoms with van der Waals surface area (Å²) in [5, 5.41) is 2.58. The van der Waals surface area contributed by atoms with E-state index in [0.29, 0.717) is 10.6 Å². The first-order valence-corrected chi connectivity index (χ1v) is 7.17. The lowest BCUT2D eigenvalue weighted by Crippen LogP contribution is -2.55. The first-order valence-electron chi connectivity index (χ1n) is 7.17. The molecule has 23 heavy (non-hydrogen) atoms. The molecule has 1 unspecified atom stereocenters. The van der Waals surface area contributed by atoms with Crippen LogP contribution in [0.1, 0.15) is 20.8 Å². The van der Waals surface area contributed by atoms with E-state index >= 15 is 0 Å². The number of hydrogen-bond acceptors (Lipinski definition) is 4. The molecule has 0 saturated heterocycles. The van der Waals surface area contributed by atoms with Gasteiger partial charge in [0.2, 0.25) is 0 Å². The van der Waals surface area contributed by atoms with E-state index < -0.39 is 35.0 Å². The average molecular weight is 314 g/mol. The Morgan fingerprint density at radius 3 is 2.00 bits per heavy atom. The molecule has 0 aromatic heterocycles. The molecule has 1 aliphatic heterocycles. The molecule has 6 nitrogen and oxygen atoms in total. The van der Waals surface area contributed by atoms with Crippen molar-refractivity contribution >= 4 is 29.2 Å². The summed E-state index contributed by atoms with van der Waals surface area (Å²) in [5.41, 5.74) is -0.404. The quantitative estimate of drug-likeness (QED) is 0.675. The molecule has 0 aliphatic carbocycles. The Morgan fingerprint density at radius 1 is 1.00 bits per heavy atom. The van der Waals surface area contributed by atoms with Gasteiger partial charge in [-0.05, 0) is 12.1 Å². The van der Waals surface area contributed by atoms with Crippen LogP contribution in [0.2, 0.25) is 0 Å². The fourth-order valence-electron chi connectivity index (χ4n) is 2.16. The minimum absolute atomic E-state index is 0.483. The standard InChI is InChI=1S/C17H18N2O4/c1-17(2,3)15(22)14(19-12(20)9-10-13(19)21)16(23)18-11-7-5-4-6-8-11/h4-10,14H,1-3H3,(H,18,23). The smallest absolute Gasteiger partial charge is 0.255 e. The van der Waals surface area contributed by atoms with E-state index in [1.165, 1.54) is 0 Å². The lowest BCUT2D eigenvalue weighted by atomic mass is 9.85. The van der Waals surface area contributed by atoms with Crippen LogP contribution in [-0.4, -0.2) is 34.4 Å². The van der Waals surface area contributed by atoms with Gasteiger partial charge < -0.3 is 5.32 Å². The number of carbonyl (C=O) groups excluding carboxylic acids is 4. The van der Waals surface area contributed by atoms with Crippen molar-refractivity contribution in [2.45, 2.75) is 26.8 Å². The maximum Gasteiger partial charge on any atom is 0.255 e. The van der Waals surface area contributed by atoms with Crippen molar-refractivity contribution in [3.05, 3.63) is 42.5 Å². The van der Waals surface area contributed by atoms with Crippen molar-refractivity contribution in [1.82, 2.24) is 4.90 Å². The maximum atomic E-state index is 12.6. The monoisotopic (exact) mass is 314 g/mol. The fourth-order valence-corrected chi connectivity index (χ4v) is 2.16. The topological polar surface area (TPSA) is 83.6 Å². The molecule has 120 valence electrons. The number of Topliss-reactive ketones (excluding diaryl/α,β-unsaturated/α-hetero) is 1. The van der Waals surface area contributed by atoms with Gasteiger partial charge in [-0.1, -0.05) is 39.0 Å². The van der Waals surface area contributed by atoms with Crippen LogP contribution in [0.5, 0.6) is 0 Å². The minimum atomic E-state index is -1.50. The van der Waals surface area contributed by atoms with Gasteiger partial charge in [-0.2, -0.15) is 0 Å². The second kappa shape index (κ2) is 6.16. The Hall–Kier alpha value is -2.76. The summed E-state index contributed by atoms with van der Waals surface area (Å²) in [6.07, 6.45) is 2.11. The summed E-state index contributed by atoms with van der Waals surface area (Å²) in [6.45, 7) is 4.91. The Kier molecular flexibility index (Phi) is 4.45. The number of anilines is 1. The average Bonchev–Trinajstić information content (AvgIpc) is 2.80. The van der Waals surface area contributed by atoms with Gasteiger partial charge in [0.25, 0.3) is 17.7 Å². The summed E-state index contributed by atoms with van der Waals surface area (Å²) in [5.74, 6) is -2.54. The summed E-state index contributed by atoms with van der Waals surface area (Å²) in [4.78, 5) is 49.7. The number of ketones is 1. The molecule has 3 amide bonds. The summed E-state index contributed by atoms with van der Waals surface area (Å²) >= 11 is 0. The third-order valence-electron chi connectivity index (χ3n) is 3.38. The number of hydrogen-bond donors (Lipinski definition) is 1. The number of amides is 3. The van der Waals surface area contributed by atoms with Crippen molar-refractivity contribution in [3.63, 3.8) is 0 Å². The van der Waals surface area contributed by atoms with Crippen LogP contribution in [-0.2, 0) is 19.2 Å². The summed E-state index contributed by atoms with van der Waals surface area (Å²) in [6, 6.07) is 7.05. The van der Waals surface area contributed by atoms with E-state index in [1.807, 2.05) is 0 Å². The molecule has 1 aromatic rings. The lowest BCUT2D eigenvalue weighted by molar-refractivity contribution is -0.151. The number of para-hydroxylation sites is 1. The van der Waals surface area contributed by atoms with Gasteiger partial charge in [-0.3, -0.25) is 24.1 Å². The molecular formula is C17H18N2O4. The minimum Gasteiger partial charge on any atom is -0.324 e. The van der Waals surface area contributed by atoms with Gasteiger partial charge in [0.15, 0.2) is 11.8 Å². The van der Waals surface area contributed by atoms with Crippen LogP contribution < -0.4 is 5.32 Å². The molecule has 0 spiro atoms. The SMILES string of the molecule is CC(C)(C)C(=O)C(C(=O)Nc1ccccc1)N1C(=O)C=CC1=O. The molecule has 6 heteroatoms. The Bertz CT molecular complexity index is 668. The van der Waals surface area contributed by atoms with Gasteiger partial charge in [0.05, 0.1) is 0 Å². The van der Waals surface area contributed by atoms with Gasteiger partial charge in [-0.15, -0.1) is 0 Å². The highest BCUT2D eigenvalue weighted by molar-refractivity contribution is 6.22. The molecule has 1 aromatic carbocycles. The second-order valence-electron chi connectivity index (χ2n) is 6.25. The highest BCUT2D eigenvalue weighted by atomic mass is 16.2. The second-order valence-corrected chi connectivity index (χ2v) is 6.25. The number of nitrogens with one attached hydrogen (secondary N) is 1. The molecule has 0 saturated carbocycles. The molecular weight excluding hydrogens is 296 g/mol. The molecule has 1 N–H and O–H groups in total. The first kappa shape index (κ1) is 16.6. The van der Waals surface area contributed by atoms with Crippen LogP contribution in [0.3, 0.4) is 0 Å². The van der Waals surface area contributed by atoms with Gasteiger partial charge >= 0.3 is 0 Å². The number of rotatable bonds is 4. The molecule has 0 radical (unpaired) electrons. The van der Waals surface area contributed by atoms with Crippen molar-refractivity contribution < 1.29 is 19.2 Å². The number of nitrogens with zero attached hydrogens (tertiary/aromatic N) is 1. The molecule has 2 rings (SSSR count). The van der Waals surface area contributed by atoms with E-state index in [0.717, 1.165) is 12.2 Å². The van der Waals surface area contributed by atoms with Gasteiger partial charge in [0, 0.05) is 23.3 Å². The Labute approximate surface area is 134 Å². The van der Waals surface area contributed by atoms with E-state index in [1.54, 1.807) is 51.1 Å². The molecule has 1 heterocycles. The predicted molar refractivity (Wildman–Crippen MR) is 84.3 cm³/mol. The third-order valence-corrected chi connectivity index (χ3v) is 3.38. The Balaban J connectivity index is 2.34. The zero-order chi connectivity index (χ0) is 17.2. The maximum absolute atomic E-state index is 12.6. The molecule has 1 atom stereocenters. The van der Waals surface area contributed by atoms with Crippen LogP contribution in [0.25, 0.3) is 0 Å². The normalized spacial score (nSPS) is 15.7. The van der Waals surface area contributed by atoms with Gasteiger partial charge in [-0.25, -0.2) is 0 Å². The van der Waals surface area contributed by atoms with Crippen molar-refractivity contribution in [2.75, 3.05) is 5.32 Å². The summed E-state index contributed by atoms with van der Waals surface area (Å²) < 4.78 is 0. The van der Waals surface area contributed by atoms with Gasteiger partial charge in [0.1, 0.15) is 0 Å². The molecule has 0 fully saturated rings. The Morgan fingerprint density at radius 2 is 1.52 bits per heavy atom. The third kappa shape index (κ3) is 3.53. The lowest BCUT2D eigenvalue weighted by Gasteiger charge is -2.29. The van der Waals surface area contributed by atoms with E-state index in [-0.39, 0.29) is 0 Å². The predicted octanol–water partition coefficient (Wildman–Crippen LogP) is 1.53. The zero-order valence-corrected chi connectivity index (χ0v) is 13.2. The van der Waals surface area contributed by atoms with E-state index in [2.05, 4.69) is 5.32 Å². The number of imide groups is 1. The highest BCUT2D eigenvalue weighted by Gasteiger charge is 2.44.